The molecule has 1 fully saturated rings. The molecule has 0 amide bonds. The second kappa shape index (κ2) is 10.5. The van der Waals surface area contributed by atoms with Gasteiger partial charge in [-0.25, -0.2) is 0 Å². The summed E-state index contributed by atoms with van der Waals surface area (Å²) in [5, 5.41) is 13.3. The molecule has 0 saturated carbocycles. The van der Waals surface area contributed by atoms with E-state index in [1.807, 2.05) is 0 Å². The number of aliphatic hydroxyl groups excluding tert-OH is 1. The molecule has 1 unspecified atom stereocenters. The Morgan fingerprint density at radius 1 is 1.19 bits per heavy atom. The van der Waals surface area contributed by atoms with Crippen molar-refractivity contribution in [3.8, 4) is 0 Å². The third-order valence-electron chi connectivity index (χ3n) is 4.92. The Morgan fingerprint density at radius 3 is 2.48 bits per heavy atom. The number of hydrogen-bond acceptors (Lipinski definition) is 4. The number of aliphatic hydroxyl groups is 1. The minimum Gasteiger partial charge on any atom is -0.394 e. The predicted molar refractivity (Wildman–Crippen MR) is 90.8 cm³/mol. The van der Waals surface area contributed by atoms with Crippen molar-refractivity contribution >= 4 is 0 Å². The summed E-state index contributed by atoms with van der Waals surface area (Å²) in [5.41, 5.74) is -0.0637. The van der Waals surface area contributed by atoms with Gasteiger partial charge in [0.2, 0.25) is 0 Å². The molecule has 0 aliphatic carbocycles. The Hall–Kier alpha value is -0.160. The number of likely N-dealkylation sites (tertiary alicyclic amines) is 1. The first-order chi connectivity index (χ1) is 10.2. The smallest absolute Gasteiger partial charge is 0.0613 e. The summed E-state index contributed by atoms with van der Waals surface area (Å²) in [4.78, 5) is 5.01. The molecule has 0 spiro atoms. The lowest BCUT2D eigenvalue weighted by atomic mass is 9.91. The van der Waals surface area contributed by atoms with Gasteiger partial charge < -0.3 is 20.2 Å². The van der Waals surface area contributed by atoms with Gasteiger partial charge in [0.05, 0.1) is 6.61 Å². The molecule has 2 N–H and O–H groups in total. The van der Waals surface area contributed by atoms with Crippen LogP contribution < -0.4 is 5.32 Å². The van der Waals surface area contributed by atoms with Crippen LogP contribution in [0.2, 0.25) is 0 Å². The Morgan fingerprint density at radius 2 is 1.90 bits per heavy atom. The van der Waals surface area contributed by atoms with E-state index in [-0.39, 0.29) is 12.1 Å². The van der Waals surface area contributed by atoms with Gasteiger partial charge in [0, 0.05) is 18.6 Å². The van der Waals surface area contributed by atoms with E-state index < -0.39 is 0 Å². The summed E-state index contributed by atoms with van der Waals surface area (Å²) in [6.45, 7) is 11.7. The minimum atomic E-state index is -0.0637. The highest BCUT2D eigenvalue weighted by Gasteiger charge is 2.25. The second-order valence-corrected chi connectivity index (χ2v) is 6.67. The zero-order valence-corrected chi connectivity index (χ0v) is 14.5. The van der Waals surface area contributed by atoms with Crippen LogP contribution in [0.4, 0.5) is 0 Å². The normalized spacial score (nSPS) is 19.3. The molecule has 21 heavy (non-hydrogen) atoms. The minimum absolute atomic E-state index is 0.0637. The van der Waals surface area contributed by atoms with Crippen LogP contribution in [0.15, 0.2) is 0 Å². The molecule has 4 heteroatoms. The first-order valence-corrected chi connectivity index (χ1v) is 8.92. The molecular formula is C17H37N3O. The van der Waals surface area contributed by atoms with E-state index in [2.05, 4.69) is 36.0 Å². The highest BCUT2D eigenvalue weighted by atomic mass is 16.3. The summed E-state index contributed by atoms with van der Waals surface area (Å²) in [5.74, 6) is 0. The maximum atomic E-state index is 9.73. The molecule has 126 valence electrons. The van der Waals surface area contributed by atoms with Crippen molar-refractivity contribution in [3.63, 3.8) is 0 Å². The quantitative estimate of drug-likeness (QED) is 0.578. The van der Waals surface area contributed by atoms with Gasteiger partial charge in [0.1, 0.15) is 0 Å². The topological polar surface area (TPSA) is 38.7 Å². The van der Waals surface area contributed by atoms with Gasteiger partial charge in [-0.2, -0.15) is 0 Å². The van der Waals surface area contributed by atoms with Crippen LogP contribution in [-0.4, -0.2) is 73.4 Å². The molecule has 1 rings (SSSR count). The lowest BCUT2D eigenvalue weighted by Gasteiger charge is -2.33. The third-order valence-corrected chi connectivity index (χ3v) is 4.92. The van der Waals surface area contributed by atoms with Gasteiger partial charge in [-0.15, -0.1) is 0 Å². The zero-order chi connectivity index (χ0) is 15.6. The summed E-state index contributed by atoms with van der Waals surface area (Å²) < 4.78 is 0. The van der Waals surface area contributed by atoms with Crippen molar-refractivity contribution in [2.75, 3.05) is 52.9 Å². The maximum Gasteiger partial charge on any atom is 0.0613 e. The van der Waals surface area contributed by atoms with Crippen molar-refractivity contribution in [3.05, 3.63) is 0 Å². The van der Waals surface area contributed by atoms with Gasteiger partial charge in [0.25, 0.3) is 0 Å². The lowest BCUT2D eigenvalue weighted by Crippen LogP contribution is -2.48. The van der Waals surface area contributed by atoms with Crippen LogP contribution in [-0.2, 0) is 0 Å². The molecule has 0 aromatic rings. The maximum absolute atomic E-state index is 9.73. The Balaban J connectivity index is 2.19. The average molecular weight is 300 g/mol. The molecule has 1 heterocycles. The van der Waals surface area contributed by atoms with E-state index in [1.165, 1.54) is 39.0 Å². The highest BCUT2D eigenvalue weighted by molar-refractivity contribution is 4.86. The van der Waals surface area contributed by atoms with Crippen molar-refractivity contribution in [1.29, 1.82) is 0 Å². The summed E-state index contributed by atoms with van der Waals surface area (Å²) in [6, 6.07) is 0. The number of nitrogens with zero attached hydrogens (tertiary/aromatic N) is 2. The lowest BCUT2D eigenvalue weighted by molar-refractivity contribution is 0.139. The molecule has 4 nitrogen and oxygen atoms in total. The molecule has 0 radical (unpaired) electrons. The van der Waals surface area contributed by atoms with Crippen molar-refractivity contribution in [2.45, 2.75) is 57.9 Å². The zero-order valence-electron chi connectivity index (χ0n) is 14.5. The van der Waals surface area contributed by atoms with E-state index in [1.54, 1.807) is 0 Å². The van der Waals surface area contributed by atoms with Crippen molar-refractivity contribution in [2.24, 2.45) is 0 Å². The third kappa shape index (κ3) is 7.09. The Labute approximate surface area is 131 Å². The first-order valence-electron chi connectivity index (χ1n) is 8.92. The molecule has 1 atom stereocenters. The first kappa shape index (κ1) is 18.9. The van der Waals surface area contributed by atoms with Crippen molar-refractivity contribution in [1.82, 2.24) is 15.1 Å². The summed E-state index contributed by atoms with van der Waals surface area (Å²) in [7, 11) is 2.22. The van der Waals surface area contributed by atoms with Crippen molar-refractivity contribution < 1.29 is 5.11 Å². The van der Waals surface area contributed by atoms with Crippen LogP contribution in [0.5, 0.6) is 0 Å². The van der Waals surface area contributed by atoms with Crippen LogP contribution in [0.3, 0.4) is 0 Å². The van der Waals surface area contributed by atoms with Gasteiger partial charge in [0.15, 0.2) is 0 Å². The summed E-state index contributed by atoms with van der Waals surface area (Å²) in [6.07, 6.45) is 7.10. The van der Waals surface area contributed by atoms with E-state index in [4.69, 9.17) is 0 Å². The molecule has 0 bridgehead atoms. The van der Waals surface area contributed by atoms with Gasteiger partial charge in [-0.1, -0.05) is 13.8 Å². The monoisotopic (exact) mass is 299 g/mol. The number of rotatable bonds is 12. The van der Waals surface area contributed by atoms with Gasteiger partial charge in [-0.05, 0) is 71.8 Å². The van der Waals surface area contributed by atoms with Crippen LogP contribution in [0.1, 0.15) is 52.4 Å². The molecule has 1 aliphatic rings. The van der Waals surface area contributed by atoms with Crippen LogP contribution in [0, 0.1) is 0 Å². The average Bonchev–Trinajstić information content (AvgIpc) is 3.02. The summed E-state index contributed by atoms with van der Waals surface area (Å²) >= 11 is 0. The fraction of sp³-hybridized carbons (Fsp3) is 1.00. The molecule has 1 saturated heterocycles. The van der Waals surface area contributed by atoms with Crippen LogP contribution in [0.25, 0.3) is 0 Å². The second-order valence-electron chi connectivity index (χ2n) is 6.67. The Kier molecular flexibility index (Phi) is 9.49. The molecule has 0 aromatic carbocycles. The molecule has 1 aliphatic heterocycles. The molecule has 0 aromatic heterocycles. The fourth-order valence-corrected chi connectivity index (χ4v) is 3.14. The highest BCUT2D eigenvalue weighted by Crippen LogP contribution is 2.17. The number of hydrogen-bond donors (Lipinski definition) is 2. The van der Waals surface area contributed by atoms with E-state index in [0.717, 1.165) is 38.8 Å². The number of nitrogens with one attached hydrogen (secondary N) is 1. The SMILES string of the molecule is CCCNC(CC)(CO)CCCN(C)CCN1CCCC1. The van der Waals surface area contributed by atoms with E-state index >= 15 is 0 Å². The van der Waals surface area contributed by atoms with E-state index in [9.17, 15) is 5.11 Å². The molecular weight excluding hydrogens is 262 g/mol. The number of likely N-dealkylation sites (N-methyl/N-ethyl adjacent to an activating group) is 1. The standard InChI is InChI=1S/C17H37N3O/c1-4-10-18-17(5-2,16-21)9-8-11-19(3)14-15-20-12-6-7-13-20/h18,21H,4-16H2,1-3H3. The Bertz CT molecular complexity index is 250. The predicted octanol–water partition coefficient (Wildman–Crippen LogP) is 1.93. The largest absolute Gasteiger partial charge is 0.394 e. The van der Waals surface area contributed by atoms with Gasteiger partial charge in [-0.3, -0.25) is 0 Å². The van der Waals surface area contributed by atoms with E-state index in [0.29, 0.717) is 0 Å². The fourth-order valence-electron chi connectivity index (χ4n) is 3.14. The van der Waals surface area contributed by atoms with Crippen LogP contribution >= 0.6 is 0 Å². The van der Waals surface area contributed by atoms with Gasteiger partial charge >= 0.3 is 0 Å².